The minimum absolute atomic E-state index is 0.0435. The summed E-state index contributed by atoms with van der Waals surface area (Å²) in [5.74, 6) is -0.254. The van der Waals surface area contributed by atoms with Crippen molar-refractivity contribution in [1.82, 2.24) is 15.2 Å². The first-order valence-electron chi connectivity index (χ1n) is 9.05. The molecule has 2 atom stereocenters. The molecule has 2 fully saturated rings. The lowest BCUT2D eigenvalue weighted by Gasteiger charge is -2.37. The number of rotatable bonds is 3. The second-order valence-corrected chi connectivity index (χ2v) is 6.71. The maximum absolute atomic E-state index is 14.1. The molecule has 0 radical (unpaired) electrons. The quantitative estimate of drug-likeness (QED) is 0.632. The number of carbonyl (C=O) groups excluding carboxylic acids is 2. The number of nitrogens with zero attached hydrogens (tertiary/aromatic N) is 2. The third-order valence-electron chi connectivity index (χ3n) is 4.66. The van der Waals surface area contributed by atoms with Crippen LogP contribution in [0.15, 0.2) is 18.3 Å². The molecule has 1 aromatic heterocycles. The van der Waals surface area contributed by atoms with Crippen LogP contribution < -0.4 is 11.1 Å². The van der Waals surface area contributed by atoms with Crippen molar-refractivity contribution in [2.24, 2.45) is 5.92 Å². The maximum atomic E-state index is 14.1. The van der Waals surface area contributed by atoms with Crippen LogP contribution >= 0.6 is 0 Å². The third-order valence-corrected chi connectivity index (χ3v) is 4.66. The second kappa shape index (κ2) is 10.5. The van der Waals surface area contributed by atoms with E-state index in [-0.39, 0.29) is 43.0 Å². The number of piperidine rings is 1. The molecule has 9 nitrogen and oxygen atoms in total. The number of anilines is 1. The Morgan fingerprint density at radius 1 is 1.36 bits per heavy atom. The number of hydrogen-bond donors (Lipinski definition) is 3. The van der Waals surface area contributed by atoms with E-state index in [1.54, 1.807) is 6.07 Å². The summed E-state index contributed by atoms with van der Waals surface area (Å²) in [7, 11) is 0. The van der Waals surface area contributed by atoms with E-state index >= 15 is 0 Å². The van der Waals surface area contributed by atoms with Gasteiger partial charge in [0, 0.05) is 49.9 Å². The van der Waals surface area contributed by atoms with Gasteiger partial charge in [-0.25, -0.2) is 9.37 Å². The average Bonchev–Trinajstić information content (AvgIpc) is 2.68. The van der Waals surface area contributed by atoms with Gasteiger partial charge in [0.2, 0.25) is 5.91 Å². The van der Waals surface area contributed by atoms with Gasteiger partial charge < -0.3 is 25.8 Å². The summed E-state index contributed by atoms with van der Waals surface area (Å²) >= 11 is 0. The fourth-order valence-electron chi connectivity index (χ4n) is 3.38. The van der Waals surface area contributed by atoms with Gasteiger partial charge in [0.25, 0.3) is 12.4 Å². The zero-order valence-corrected chi connectivity index (χ0v) is 15.4. The molecule has 0 aliphatic carbocycles. The van der Waals surface area contributed by atoms with Crippen LogP contribution in [0.3, 0.4) is 0 Å². The van der Waals surface area contributed by atoms with Crippen LogP contribution in [-0.2, 0) is 14.3 Å². The lowest BCUT2D eigenvalue weighted by atomic mass is 9.96. The Labute approximate surface area is 162 Å². The van der Waals surface area contributed by atoms with Crippen molar-refractivity contribution in [3.63, 3.8) is 0 Å². The number of halogens is 1. The van der Waals surface area contributed by atoms with E-state index in [2.05, 4.69) is 10.3 Å². The molecule has 2 amide bonds. The molecule has 2 aliphatic rings. The van der Waals surface area contributed by atoms with Crippen LogP contribution in [0, 0.1) is 5.92 Å². The highest BCUT2D eigenvalue weighted by molar-refractivity contribution is 5.95. The number of aromatic nitrogens is 1. The number of nitrogen functional groups attached to an aromatic ring is 1. The second-order valence-electron chi connectivity index (χ2n) is 6.71. The average molecular weight is 396 g/mol. The molecule has 3 heterocycles. The zero-order valence-electron chi connectivity index (χ0n) is 15.4. The smallest absolute Gasteiger partial charge is 0.290 e. The van der Waals surface area contributed by atoms with Crippen molar-refractivity contribution in [3.05, 3.63) is 23.9 Å². The molecular formula is C18H25FN4O5. The molecular weight excluding hydrogens is 371 g/mol. The molecule has 0 spiro atoms. The van der Waals surface area contributed by atoms with Gasteiger partial charge >= 0.3 is 0 Å². The van der Waals surface area contributed by atoms with Crippen LogP contribution in [0.1, 0.15) is 29.6 Å². The summed E-state index contributed by atoms with van der Waals surface area (Å²) < 4.78 is 19.4. The first kappa shape index (κ1) is 21.5. The van der Waals surface area contributed by atoms with Gasteiger partial charge in [-0.1, -0.05) is 0 Å². The predicted molar refractivity (Wildman–Crippen MR) is 98.2 cm³/mol. The van der Waals surface area contributed by atoms with Crippen molar-refractivity contribution >= 4 is 24.1 Å². The number of carboxylic acid groups (broad SMARTS) is 1. The van der Waals surface area contributed by atoms with Crippen LogP contribution in [0.4, 0.5) is 10.2 Å². The van der Waals surface area contributed by atoms with E-state index in [4.69, 9.17) is 20.4 Å². The Bertz CT molecular complexity index is 684. The van der Waals surface area contributed by atoms with E-state index in [9.17, 15) is 14.0 Å². The van der Waals surface area contributed by atoms with Crippen molar-refractivity contribution in [3.8, 4) is 0 Å². The van der Waals surface area contributed by atoms with Crippen molar-refractivity contribution in [2.75, 3.05) is 32.0 Å². The fraction of sp³-hybridized carbons (Fsp3) is 0.556. The van der Waals surface area contributed by atoms with E-state index in [0.717, 1.165) is 0 Å². The van der Waals surface area contributed by atoms with Crippen LogP contribution in [0.5, 0.6) is 0 Å². The normalized spacial score (nSPS) is 22.5. The number of pyridine rings is 1. The standard InChI is InChI=1S/C17H23FN4O3.CH2O2/c18-13-8-14(21-16(23)12-1-4-20-15(19)7-12)10-22(9-13)17(24)11-2-5-25-6-3-11;2-1-3/h1,4,7,11,13-14H,2-3,5-6,8-10H2,(H2,19,20)(H,21,23);1H,(H,2,3)/t13-,14+;/m1./s1. The molecule has 28 heavy (non-hydrogen) atoms. The number of nitrogens with two attached hydrogens (primary N) is 1. The van der Waals surface area contributed by atoms with Gasteiger partial charge in [0.1, 0.15) is 12.0 Å². The highest BCUT2D eigenvalue weighted by Crippen LogP contribution is 2.22. The maximum Gasteiger partial charge on any atom is 0.290 e. The molecule has 0 unspecified atom stereocenters. The highest BCUT2D eigenvalue weighted by atomic mass is 19.1. The molecule has 0 saturated carbocycles. The molecule has 4 N–H and O–H groups in total. The van der Waals surface area contributed by atoms with Gasteiger partial charge in [-0.05, 0) is 25.0 Å². The van der Waals surface area contributed by atoms with Gasteiger partial charge in [-0.3, -0.25) is 14.4 Å². The number of nitrogens with one attached hydrogen (secondary N) is 1. The Hall–Kier alpha value is -2.75. The summed E-state index contributed by atoms with van der Waals surface area (Å²) in [4.78, 5) is 38.7. The van der Waals surface area contributed by atoms with Gasteiger partial charge in [0.05, 0.1) is 6.54 Å². The summed E-state index contributed by atoms with van der Waals surface area (Å²) in [6.45, 7) is 1.29. The topological polar surface area (TPSA) is 135 Å². The van der Waals surface area contributed by atoms with Gasteiger partial charge in [-0.15, -0.1) is 0 Å². The van der Waals surface area contributed by atoms with E-state index in [1.807, 2.05) is 0 Å². The first-order chi connectivity index (χ1) is 13.4. The van der Waals surface area contributed by atoms with Crippen molar-refractivity contribution in [1.29, 1.82) is 0 Å². The number of hydrogen-bond acceptors (Lipinski definition) is 6. The van der Waals surface area contributed by atoms with Gasteiger partial charge in [-0.2, -0.15) is 0 Å². The molecule has 3 rings (SSSR count). The van der Waals surface area contributed by atoms with E-state index in [1.165, 1.54) is 17.2 Å². The number of ether oxygens (including phenoxy) is 1. The Morgan fingerprint density at radius 3 is 2.68 bits per heavy atom. The Morgan fingerprint density at radius 2 is 2.04 bits per heavy atom. The number of alkyl halides is 1. The summed E-state index contributed by atoms with van der Waals surface area (Å²) in [5, 5.41) is 9.69. The number of likely N-dealkylation sites (tertiary alicyclic amines) is 1. The Balaban J connectivity index is 0.000000878. The van der Waals surface area contributed by atoms with E-state index < -0.39 is 12.2 Å². The van der Waals surface area contributed by atoms with Crippen molar-refractivity contribution < 1.29 is 28.6 Å². The van der Waals surface area contributed by atoms with Crippen LogP contribution in [-0.4, -0.2) is 71.8 Å². The first-order valence-corrected chi connectivity index (χ1v) is 9.05. The number of amides is 2. The number of carbonyl (C=O) groups is 3. The lowest BCUT2D eigenvalue weighted by molar-refractivity contribution is -0.141. The summed E-state index contributed by atoms with van der Waals surface area (Å²) in [6, 6.07) is 2.59. The largest absolute Gasteiger partial charge is 0.483 e. The van der Waals surface area contributed by atoms with Crippen LogP contribution in [0.25, 0.3) is 0 Å². The molecule has 2 saturated heterocycles. The zero-order chi connectivity index (χ0) is 20.5. The Kier molecular flexibility index (Phi) is 8.12. The van der Waals surface area contributed by atoms with Crippen LogP contribution in [0.2, 0.25) is 0 Å². The molecule has 2 aliphatic heterocycles. The molecule has 10 heteroatoms. The summed E-state index contributed by atoms with van der Waals surface area (Å²) in [5.41, 5.74) is 5.95. The molecule has 1 aromatic rings. The van der Waals surface area contributed by atoms with Gasteiger partial charge in [0.15, 0.2) is 0 Å². The lowest BCUT2D eigenvalue weighted by Crippen LogP contribution is -2.54. The predicted octanol–water partition coefficient (Wildman–Crippen LogP) is 0.460. The molecule has 154 valence electrons. The molecule has 0 aromatic carbocycles. The summed E-state index contributed by atoms with van der Waals surface area (Å²) in [6.07, 6.45) is 1.83. The molecule has 0 bridgehead atoms. The third kappa shape index (κ3) is 6.15. The minimum Gasteiger partial charge on any atom is -0.483 e. The highest BCUT2D eigenvalue weighted by Gasteiger charge is 2.34. The van der Waals surface area contributed by atoms with E-state index in [0.29, 0.717) is 38.2 Å². The van der Waals surface area contributed by atoms with Crippen molar-refractivity contribution in [2.45, 2.75) is 31.5 Å². The SMILES string of the molecule is Nc1cc(C(=O)N[C@H]2C[C@@H](F)CN(C(=O)C3CCOCC3)C2)ccn1.O=CO. The minimum atomic E-state index is -1.15. The fourth-order valence-corrected chi connectivity index (χ4v) is 3.38. The monoisotopic (exact) mass is 396 g/mol.